The van der Waals surface area contributed by atoms with Crippen LogP contribution in [0.4, 0.5) is 0 Å². The molecule has 0 radical (unpaired) electrons. The van der Waals surface area contributed by atoms with Crippen molar-refractivity contribution in [3.63, 3.8) is 0 Å². The van der Waals surface area contributed by atoms with Crippen LogP contribution < -0.4 is 5.73 Å². The summed E-state index contributed by atoms with van der Waals surface area (Å²) < 4.78 is 24.3. The van der Waals surface area contributed by atoms with Crippen molar-refractivity contribution in [1.82, 2.24) is 0 Å². The Hall–Kier alpha value is -1.39. The van der Waals surface area contributed by atoms with E-state index in [4.69, 9.17) is 5.73 Å². The molecule has 2 rings (SSSR count). The molecule has 3 nitrogen and oxygen atoms in total. The second-order valence-electron chi connectivity index (χ2n) is 4.86. The quantitative estimate of drug-likeness (QED) is 0.913. The van der Waals surface area contributed by atoms with Crippen LogP contribution in [0.2, 0.25) is 0 Å². The summed E-state index contributed by atoms with van der Waals surface area (Å²) in [4.78, 5) is 0. The van der Waals surface area contributed by atoms with Crippen LogP contribution in [0.5, 0.6) is 0 Å². The van der Waals surface area contributed by atoms with E-state index in [-0.39, 0.29) is 17.5 Å². The fraction of sp³-hybridized carbons (Fsp3) is 0.333. The van der Waals surface area contributed by atoms with Gasteiger partial charge in [-0.1, -0.05) is 49.4 Å². The van der Waals surface area contributed by atoms with Crippen LogP contribution in [0.15, 0.2) is 42.5 Å². The van der Waals surface area contributed by atoms with Gasteiger partial charge in [0.1, 0.15) is 0 Å². The van der Waals surface area contributed by atoms with Crippen molar-refractivity contribution in [2.75, 3.05) is 5.75 Å². The summed E-state index contributed by atoms with van der Waals surface area (Å²) in [6, 6.07) is 13.3. The van der Waals surface area contributed by atoms with Crippen LogP contribution >= 0.6 is 0 Å². The summed E-state index contributed by atoms with van der Waals surface area (Å²) in [5, 5.41) is 2.06. The van der Waals surface area contributed by atoms with Gasteiger partial charge in [0.2, 0.25) is 0 Å². The fourth-order valence-corrected chi connectivity index (χ4v) is 3.89. The third-order valence-corrected chi connectivity index (χ3v) is 4.93. The predicted octanol–water partition coefficient (Wildman–Crippen LogP) is 2.49. The zero-order chi connectivity index (χ0) is 13.9. The molecule has 0 saturated carbocycles. The standard InChI is InChI=1S/C15H19NO2S/c1-2-14(16)11-19(17,18)10-13-8-5-7-12-6-3-4-9-15(12)13/h3-9,14H,2,10-11,16H2,1H3. The van der Waals surface area contributed by atoms with E-state index in [1.165, 1.54) is 0 Å². The molecule has 19 heavy (non-hydrogen) atoms. The first-order chi connectivity index (χ1) is 9.02. The zero-order valence-electron chi connectivity index (χ0n) is 11.0. The Balaban J connectivity index is 2.31. The van der Waals surface area contributed by atoms with E-state index in [1.807, 2.05) is 49.4 Å². The highest BCUT2D eigenvalue weighted by molar-refractivity contribution is 7.90. The first kappa shape index (κ1) is 14.0. The predicted molar refractivity (Wildman–Crippen MR) is 79.7 cm³/mol. The molecule has 0 aliphatic carbocycles. The molecule has 2 N–H and O–H groups in total. The lowest BCUT2D eigenvalue weighted by Gasteiger charge is -2.11. The molecule has 0 saturated heterocycles. The van der Waals surface area contributed by atoms with Crippen molar-refractivity contribution in [3.05, 3.63) is 48.0 Å². The average Bonchev–Trinajstić information content (AvgIpc) is 2.38. The summed E-state index contributed by atoms with van der Waals surface area (Å²) in [7, 11) is -3.16. The summed E-state index contributed by atoms with van der Waals surface area (Å²) in [5.41, 5.74) is 6.59. The Morgan fingerprint density at radius 3 is 2.53 bits per heavy atom. The zero-order valence-corrected chi connectivity index (χ0v) is 11.9. The first-order valence-electron chi connectivity index (χ1n) is 6.44. The number of hydrogen-bond acceptors (Lipinski definition) is 3. The van der Waals surface area contributed by atoms with Gasteiger partial charge in [0.05, 0.1) is 11.5 Å². The Morgan fingerprint density at radius 1 is 1.11 bits per heavy atom. The first-order valence-corrected chi connectivity index (χ1v) is 8.26. The van der Waals surface area contributed by atoms with Gasteiger partial charge in [-0.15, -0.1) is 0 Å². The van der Waals surface area contributed by atoms with E-state index in [0.29, 0.717) is 6.42 Å². The summed E-state index contributed by atoms with van der Waals surface area (Å²) in [6.07, 6.45) is 0.675. The van der Waals surface area contributed by atoms with Gasteiger partial charge in [-0.2, -0.15) is 0 Å². The summed E-state index contributed by atoms with van der Waals surface area (Å²) >= 11 is 0. The number of hydrogen-bond donors (Lipinski definition) is 1. The van der Waals surface area contributed by atoms with Gasteiger partial charge in [-0.05, 0) is 22.8 Å². The average molecular weight is 277 g/mol. The number of rotatable bonds is 5. The molecule has 1 atom stereocenters. The maximum atomic E-state index is 12.1. The maximum absolute atomic E-state index is 12.1. The Morgan fingerprint density at radius 2 is 1.79 bits per heavy atom. The van der Waals surface area contributed by atoms with Crippen molar-refractivity contribution >= 4 is 20.6 Å². The number of benzene rings is 2. The lowest BCUT2D eigenvalue weighted by atomic mass is 10.1. The fourth-order valence-electron chi connectivity index (χ4n) is 2.16. The molecule has 2 aromatic carbocycles. The Kier molecular flexibility index (Phi) is 4.22. The van der Waals surface area contributed by atoms with E-state index >= 15 is 0 Å². The van der Waals surface area contributed by atoms with Crippen molar-refractivity contribution in [1.29, 1.82) is 0 Å². The van der Waals surface area contributed by atoms with Crippen molar-refractivity contribution in [2.24, 2.45) is 5.73 Å². The van der Waals surface area contributed by atoms with E-state index in [1.54, 1.807) is 0 Å². The van der Waals surface area contributed by atoms with Crippen LogP contribution in [0.1, 0.15) is 18.9 Å². The molecule has 0 bridgehead atoms. The summed E-state index contributed by atoms with van der Waals surface area (Å²) in [5.74, 6) is 0.106. The molecule has 0 fully saturated rings. The third-order valence-electron chi connectivity index (χ3n) is 3.25. The second kappa shape index (κ2) is 5.72. The minimum Gasteiger partial charge on any atom is -0.327 e. The lowest BCUT2D eigenvalue weighted by Crippen LogP contribution is -2.29. The molecule has 0 heterocycles. The third kappa shape index (κ3) is 3.55. The van der Waals surface area contributed by atoms with E-state index in [2.05, 4.69) is 0 Å². The van der Waals surface area contributed by atoms with Gasteiger partial charge in [-0.3, -0.25) is 0 Å². The highest BCUT2D eigenvalue weighted by Gasteiger charge is 2.17. The van der Waals surface area contributed by atoms with Gasteiger partial charge in [0.15, 0.2) is 9.84 Å². The molecule has 0 aliphatic rings. The van der Waals surface area contributed by atoms with Crippen molar-refractivity contribution < 1.29 is 8.42 Å². The second-order valence-corrected chi connectivity index (χ2v) is 6.97. The molecular formula is C15H19NO2S. The minimum absolute atomic E-state index is 0.0483. The van der Waals surface area contributed by atoms with Crippen LogP contribution in [0.25, 0.3) is 10.8 Å². The molecule has 102 valence electrons. The van der Waals surface area contributed by atoms with E-state index < -0.39 is 9.84 Å². The van der Waals surface area contributed by atoms with Crippen LogP contribution in [-0.4, -0.2) is 20.2 Å². The Bertz CT molecular complexity index is 659. The largest absolute Gasteiger partial charge is 0.327 e. The van der Waals surface area contributed by atoms with Gasteiger partial charge >= 0.3 is 0 Å². The van der Waals surface area contributed by atoms with E-state index in [0.717, 1.165) is 16.3 Å². The molecular weight excluding hydrogens is 258 g/mol. The number of nitrogens with two attached hydrogens (primary N) is 1. The molecule has 2 aromatic rings. The molecule has 0 aromatic heterocycles. The molecule has 1 unspecified atom stereocenters. The highest BCUT2D eigenvalue weighted by atomic mass is 32.2. The van der Waals surface area contributed by atoms with Crippen molar-refractivity contribution in [2.45, 2.75) is 25.1 Å². The molecule has 4 heteroatoms. The van der Waals surface area contributed by atoms with Gasteiger partial charge in [0.25, 0.3) is 0 Å². The Labute approximate surface area is 114 Å². The maximum Gasteiger partial charge on any atom is 0.155 e. The molecule has 0 spiro atoms. The van der Waals surface area contributed by atoms with E-state index in [9.17, 15) is 8.42 Å². The minimum atomic E-state index is -3.16. The monoisotopic (exact) mass is 277 g/mol. The van der Waals surface area contributed by atoms with Gasteiger partial charge < -0.3 is 5.73 Å². The molecule has 0 amide bonds. The topological polar surface area (TPSA) is 60.2 Å². The SMILES string of the molecule is CCC(N)CS(=O)(=O)Cc1cccc2ccccc12. The smallest absolute Gasteiger partial charge is 0.155 e. The highest BCUT2D eigenvalue weighted by Crippen LogP contribution is 2.20. The molecule has 0 aliphatic heterocycles. The van der Waals surface area contributed by atoms with Gasteiger partial charge in [0, 0.05) is 6.04 Å². The number of sulfone groups is 1. The van der Waals surface area contributed by atoms with Crippen LogP contribution in [0, 0.1) is 0 Å². The van der Waals surface area contributed by atoms with Crippen LogP contribution in [-0.2, 0) is 15.6 Å². The van der Waals surface area contributed by atoms with Gasteiger partial charge in [-0.25, -0.2) is 8.42 Å². The summed E-state index contributed by atoms with van der Waals surface area (Å²) in [6.45, 7) is 1.90. The lowest BCUT2D eigenvalue weighted by molar-refractivity contribution is 0.583. The van der Waals surface area contributed by atoms with Crippen molar-refractivity contribution in [3.8, 4) is 0 Å². The normalized spacial score (nSPS) is 13.6. The number of fused-ring (bicyclic) bond motifs is 1. The van der Waals surface area contributed by atoms with Crippen LogP contribution in [0.3, 0.4) is 0 Å².